The zero-order valence-electron chi connectivity index (χ0n) is 12.4. The van der Waals surface area contributed by atoms with Crippen LogP contribution in [-0.2, 0) is 19.8 Å². The molecule has 1 unspecified atom stereocenters. The van der Waals surface area contributed by atoms with E-state index < -0.39 is 23.0 Å². The number of hydrogen-bond acceptors (Lipinski definition) is 3. The Morgan fingerprint density at radius 2 is 1.91 bits per heavy atom. The Hall–Kier alpha value is -2.09. The highest BCUT2D eigenvalue weighted by Crippen LogP contribution is 2.30. The fourth-order valence-electron chi connectivity index (χ4n) is 2.21. The van der Waals surface area contributed by atoms with Gasteiger partial charge in [0.1, 0.15) is 0 Å². The standard InChI is InChI=1S/C14H16F3N3O2/c1-8(18-2)7-20-12(21)10-5-4-9(14(15,16)17)6-11(10)19(3)13(20)22/h4-6,8,18H,7H2,1-3H3. The Morgan fingerprint density at radius 1 is 1.27 bits per heavy atom. The number of likely N-dealkylation sites (N-methyl/N-ethyl adjacent to an activating group) is 1. The molecule has 0 saturated carbocycles. The van der Waals surface area contributed by atoms with Crippen molar-refractivity contribution in [2.45, 2.75) is 25.7 Å². The smallest absolute Gasteiger partial charge is 0.315 e. The van der Waals surface area contributed by atoms with Crippen molar-refractivity contribution in [3.8, 4) is 0 Å². The Balaban J connectivity index is 2.76. The number of aromatic nitrogens is 2. The molecular weight excluding hydrogens is 299 g/mol. The predicted octanol–water partition coefficient (Wildman–Crippen LogP) is 1.33. The molecule has 0 bridgehead atoms. The van der Waals surface area contributed by atoms with E-state index in [-0.39, 0.29) is 23.5 Å². The van der Waals surface area contributed by atoms with Crippen LogP contribution >= 0.6 is 0 Å². The van der Waals surface area contributed by atoms with E-state index in [1.54, 1.807) is 14.0 Å². The number of rotatable bonds is 3. The SMILES string of the molecule is CNC(C)Cn1c(=O)c2ccc(C(F)(F)F)cc2n(C)c1=O. The lowest BCUT2D eigenvalue weighted by atomic mass is 10.1. The second-order valence-corrected chi connectivity index (χ2v) is 5.18. The van der Waals surface area contributed by atoms with Gasteiger partial charge in [-0.1, -0.05) is 0 Å². The first-order chi connectivity index (χ1) is 10.2. The lowest BCUT2D eigenvalue weighted by Crippen LogP contribution is -2.43. The van der Waals surface area contributed by atoms with Crippen molar-refractivity contribution < 1.29 is 13.2 Å². The summed E-state index contributed by atoms with van der Waals surface area (Å²) in [6.45, 7) is 1.93. The average Bonchev–Trinajstić information content (AvgIpc) is 2.47. The van der Waals surface area contributed by atoms with Crippen LogP contribution in [0.5, 0.6) is 0 Å². The van der Waals surface area contributed by atoms with Crippen LogP contribution in [0, 0.1) is 0 Å². The van der Waals surface area contributed by atoms with Gasteiger partial charge in [0.15, 0.2) is 0 Å². The zero-order valence-corrected chi connectivity index (χ0v) is 12.4. The molecule has 0 fully saturated rings. The topological polar surface area (TPSA) is 56.0 Å². The second kappa shape index (κ2) is 5.60. The minimum absolute atomic E-state index is 0.0295. The molecule has 120 valence electrons. The largest absolute Gasteiger partial charge is 0.416 e. The van der Waals surface area contributed by atoms with E-state index in [2.05, 4.69) is 5.32 Å². The van der Waals surface area contributed by atoms with E-state index in [1.165, 1.54) is 7.05 Å². The molecule has 0 amide bonds. The van der Waals surface area contributed by atoms with Crippen LogP contribution in [0.15, 0.2) is 27.8 Å². The van der Waals surface area contributed by atoms with Crippen LogP contribution in [0.2, 0.25) is 0 Å². The van der Waals surface area contributed by atoms with Crippen LogP contribution in [0.25, 0.3) is 10.9 Å². The molecule has 1 aromatic carbocycles. The molecule has 0 aliphatic rings. The third-order valence-corrected chi connectivity index (χ3v) is 3.63. The highest BCUT2D eigenvalue weighted by molar-refractivity contribution is 5.78. The molecule has 0 aliphatic heterocycles. The number of aryl methyl sites for hydroxylation is 1. The maximum absolute atomic E-state index is 12.8. The van der Waals surface area contributed by atoms with Gasteiger partial charge in [0.2, 0.25) is 0 Å². The van der Waals surface area contributed by atoms with E-state index in [9.17, 15) is 22.8 Å². The van der Waals surface area contributed by atoms with Gasteiger partial charge in [0.05, 0.1) is 16.5 Å². The van der Waals surface area contributed by atoms with Crippen molar-refractivity contribution in [2.24, 2.45) is 7.05 Å². The van der Waals surface area contributed by atoms with E-state index >= 15 is 0 Å². The van der Waals surface area contributed by atoms with Crippen LogP contribution < -0.4 is 16.6 Å². The van der Waals surface area contributed by atoms with Gasteiger partial charge >= 0.3 is 11.9 Å². The first kappa shape index (κ1) is 16.3. The van der Waals surface area contributed by atoms with Crippen molar-refractivity contribution in [2.75, 3.05) is 7.05 Å². The van der Waals surface area contributed by atoms with Gasteiger partial charge in [0, 0.05) is 19.6 Å². The number of nitrogens with zero attached hydrogens (tertiary/aromatic N) is 2. The highest BCUT2D eigenvalue weighted by Gasteiger charge is 2.31. The molecule has 1 aromatic heterocycles. The molecular formula is C14H16F3N3O2. The maximum atomic E-state index is 12.8. The summed E-state index contributed by atoms with van der Waals surface area (Å²) in [5.74, 6) is 0. The Bertz CT molecular complexity index is 821. The van der Waals surface area contributed by atoms with Crippen LogP contribution in [0.3, 0.4) is 0 Å². The number of nitrogens with one attached hydrogen (secondary N) is 1. The molecule has 0 aliphatic carbocycles. The summed E-state index contributed by atoms with van der Waals surface area (Å²) in [6, 6.07) is 2.65. The molecule has 22 heavy (non-hydrogen) atoms. The third-order valence-electron chi connectivity index (χ3n) is 3.63. The zero-order chi connectivity index (χ0) is 16.7. The van der Waals surface area contributed by atoms with Gasteiger partial charge in [-0.2, -0.15) is 13.2 Å². The molecule has 2 aromatic rings. The number of halogens is 3. The Labute approximate surface area is 124 Å². The molecule has 1 heterocycles. The van der Waals surface area contributed by atoms with Crippen molar-refractivity contribution >= 4 is 10.9 Å². The van der Waals surface area contributed by atoms with Gasteiger partial charge in [-0.25, -0.2) is 4.79 Å². The number of benzene rings is 1. The summed E-state index contributed by atoms with van der Waals surface area (Å²) in [5.41, 5.74) is -2.15. The van der Waals surface area contributed by atoms with Crippen molar-refractivity contribution in [1.29, 1.82) is 0 Å². The molecule has 1 atom stereocenters. The lowest BCUT2D eigenvalue weighted by Gasteiger charge is -2.15. The third kappa shape index (κ3) is 2.78. The van der Waals surface area contributed by atoms with Gasteiger partial charge in [-0.15, -0.1) is 0 Å². The first-order valence-corrected chi connectivity index (χ1v) is 6.65. The quantitative estimate of drug-likeness (QED) is 0.929. The fraction of sp³-hybridized carbons (Fsp3) is 0.429. The molecule has 5 nitrogen and oxygen atoms in total. The summed E-state index contributed by atoms with van der Waals surface area (Å²) >= 11 is 0. The van der Waals surface area contributed by atoms with Gasteiger partial charge in [-0.3, -0.25) is 13.9 Å². The van der Waals surface area contributed by atoms with Crippen molar-refractivity contribution in [1.82, 2.24) is 14.5 Å². The van der Waals surface area contributed by atoms with Crippen LogP contribution in [-0.4, -0.2) is 22.2 Å². The summed E-state index contributed by atoms with van der Waals surface area (Å²) in [5, 5.41) is 2.99. The minimum atomic E-state index is -4.53. The molecule has 0 saturated heterocycles. The normalized spacial score (nSPS) is 13.5. The Morgan fingerprint density at radius 3 is 2.45 bits per heavy atom. The number of hydrogen-bond donors (Lipinski definition) is 1. The molecule has 0 spiro atoms. The summed E-state index contributed by atoms with van der Waals surface area (Å²) < 4.78 is 40.4. The highest BCUT2D eigenvalue weighted by atomic mass is 19.4. The number of fused-ring (bicyclic) bond motifs is 1. The summed E-state index contributed by atoms with van der Waals surface area (Å²) in [4.78, 5) is 24.6. The molecule has 2 rings (SSSR count). The van der Waals surface area contributed by atoms with Gasteiger partial charge < -0.3 is 5.32 Å². The summed E-state index contributed by atoms with van der Waals surface area (Å²) in [7, 11) is 3.04. The van der Waals surface area contributed by atoms with Crippen molar-refractivity contribution in [3.63, 3.8) is 0 Å². The lowest BCUT2D eigenvalue weighted by molar-refractivity contribution is -0.137. The van der Waals surface area contributed by atoms with Crippen molar-refractivity contribution in [3.05, 3.63) is 44.6 Å². The van der Waals surface area contributed by atoms with E-state index in [1.807, 2.05) is 0 Å². The monoisotopic (exact) mass is 315 g/mol. The van der Waals surface area contributed by atoms with Crippen LogP contribution in [0.4, 0.5) is 13.2 Å². The summed E-state index contributed by atoms with van der Waals surface area (Å²) in [6.07, 6.45) is -4.53. The van der Waals surface area contributed by atoms with Gasteiger partial charge in [0.25, 0.3) is 5.56 Å². The average molecular weight is 315 g/mol. The first-order valence-electron chi connectivity index (χ1n) is 6.65. The molecule has 8 heteroatoms. The van der Waals surface area contributed by atoms with E-state index in [4.69, 9.17) is 0 Å². The van der Waals surface area contributed by atoms with Gasteiger partial charge in [-0.05, 0) is 32.2 Å². The second-order valence-electron chi connectivity index (χ2n) is 5.18. The molecule has 1 N–H and O–H groups in total. The fourth-order valence-corrected chi connectivity index (χ4v) is 2.21. The predicted molar refractivity (Wildman–Crippen MR) is 77.0 cm³/mol. The molecule has 0 radical (unpaired) electrons. The number of alkyl halides is 3. The maximum Gasteiger partial charge on any atom is 0.416 e. The van der Waals surface area contributed by atoms with E-state index in [0.29, 0.717) is 0 Å². The minimum Gasteiger partial charge on any atom is -0.315 e. The van der Waals surface area contributed by atoms with E-state index in [0.717, 1.165) is 27.3 Å². The Kier molecular flexibility index (Phi) is 4.15. The van der Waals surface area contributed by atoms with Crippen LogP contribution in [0.1, 0.15) is 12.5 Å².